The monoisotopic (exact) mass is 266 g/mol. The maximum Gasteiger partial charge on any atom is 0.141 e. The summed E-state index contributed by atoms with van der Waals surface area (Å²) in [5, 5.41) is 0. The molecule has 0 bridgehead atoms. The van der Waals surface area contributed by atoms with E-state index in [9.17, 15) is 4.79 Å². The molecule has 1 heterocycles. The van der Waals surface area contributed by atoms with E-state index in [0.717, 1.165) is 0 Å². The highest BCUT2D eigenvalue weighted by Gasteiger charge is 2.48. The molecular formula is C15H22O4. The highest BCUT2D eigenvalue weighted by Crippen LogP contribution is 2.39. The predicted octanol–water partition coefficient (Wildman–Crippen LogP) is 1.57. The summed E-state index contributed by atoms with van der Waals surface area (Å²) in [6.45, 7) is 4.18. The van der Waals surface area contributed by atoms with Crippen molar-refractivity contribution < 1.29 is 19.0 Å². The van der Waals surface area contributed by atoms with E-state index >= 15 is 0 Å². The van der Waals surface area contributed by atoms with Crippen molar-refractivity contribution in [3.8, 4) is 12.3 Å². The van der Waals surface area contributed by atoms with Crippen molar-refractivity contribution in [1.29, 1.82) is 0 Å². The lowest BCUT2D eigenvalue weighted by Gasteiger charge is -2.46. The summed E-state index contributed by atoms with van der Waals surface area (Å²) >= 11 is 0. The fourth-order valence-electron chi connectivity index (χ4n) is 3.15. The zero-order chi connectivity index (χ0) is 14.0. The van der Waals surface area contributed by atoms with Gasteiger partial charge in [-0.3, -0.25) is 4.79 Å². The Bertz CT molecular complexity index is 382. The number of hydrogen-bond acceptors (Lipinski definition) is 4. The zero-order valence-corrected chi connectivity index (χ0v) is 11.8. The molecule has 4 unspecified atom stereocenters. The van der Waals surface area contributed by atoms with E-state index < -0.39 is 0 Å². The number of methoxy groups -OCH3 is 1. The van der Waals surface area contributed by atoms with Gasteiger partial charge in [-0.15, -0.1) is 6.42 Å². The molecule has 2 aliphatic rings. The zero-order valence-electron chi connectivity index (χ0n) is 11.8. The van der Waals surface area contributed by atoms with Gasteiger partial charge < -0.3 is 14.2 Å². The van der Waals surface area contributed by atoms with Crippen LogP contribution in [0.4, 0.5) is 0 Å². The summed E-state index contributed by atoms with van der Waals surface area (Å²) in [6.07, 6.45) is 6.77. The van der Waals surface area contributed by atoms with E-state index in [1.54, 1.807) is 7.11 Å². The second-order valence-corrected chi connectivity index (χ2v) is 5.96. The maximum atomic E-state index is 12.2. The highest BCUT2D eigenvalue weighted by atomic mass is 16.5. The van der Waals surface area contributed by atoms with E-state index in [0.29, 0.717) is 19.3 Å². The van der Waals surface area contributed by atoms with Crippen molar-refractivity contribution in [2.24, 2.45) is 5.92 Å². The number of hydrogen-bond donors (Lipinski definition) is 0. The van der Waals surface area contributed by atoms with Crippen LogP contribution >= 0.6 is 0 Å². The molecule has 0 radical (unpaired) electrons. The number of ketones is 1. The van der Waals surface area contributed by atoms with Crippen LogP contribution in [0.15, 0.2) is 0 Å². The number of rotatable bonds is 3. The smallest absolute Gasteiger partial charge is 0.141 e. The van der Waals surface area contributed by atoms with E-state index in [1.807, 2.05) is 13.8 Å². The van der Waals surface area contributed by atoms with Gasteiger partial charge in [0.25, 0.3) is 0 Å². The van der Waals surface area contributed by atoms with Crippen molar-refractivity contribution in [2.75, 3.05) is 13.7 Å². The van der Waals surface area contributed by atoms with Crippen molar-refractivity contribution >= 4 is 5.78 Å². The van der Waals surface area contributed by atoms with E-state index in [4.69, 9.17) is 20.6 Å². The third kappa shape index (κ3) is 3.17. The minimum Gasteiger partial charge on any atom is -0.379 e. The third-order valence-corrected chi connectivity index (χ3v) is 3.98. The van der Waals surface area contributed by atoms with Gasteiger partial charge in [-0.25, -0.2) is 0 Å². The number of ether oxygens (including phenoxy) is 3. The lowest BCUT2D eigenvalue weighted by atomic mass is 9.75. The quantitative estimate of drug-likeness (QED) is 0.727. The molecule has 0 N–H and O–H groups in total. The van der Waals surface area contributed by atoms with Crippen molar-refractivity contribution in [2.45, 2.75) is 57.0 Å². The Morgan fingerprint density at radius 1 is 1.42 bits per heavy atom. The van der Waals surface area contributed by atoms with Gasteiger partial charge in [-0.1, -0.05) is 5.92 Å². The number of fused-ring (bicyclic) bond motifs is 1. The second kappa shape index (κ2) is 5.62. The van der Waals surface area contributed by atoms with E-state index in [1.165, 1.54) is 0 Å². The minimum absolute atomic E-state index is 0.0661. The molecule has 19 heavy (non-hydrogen) atoms. The van der Waals surface area contributed by atoms with Gasteiger partial charge in [0.2, 0.25) is 0 Å². The fourth-order valence-corrected chi connectivity index (χ4v) is 3.15. The van der Waals surface area contributed by atoms with Crippen LogP contribution in [0.25, 0.3) is 0 Å². The molecule has 0 aromatic rings. The average Bonchev–Trinajstić information content (AvgIpc) is 2.34. The molecule has 0 aromatic carbocycles. The summed E-state index contributed by atoms with van der Waals surface area (Å²) in [7, 11) is 1.65. The first-order valence-corrected chi connectivity index (χ1v) is 6.75. The molecule has 4 atom stereocenters. The number of carbonyl (C=O) groups excluding carboxylic acids is 1. The lowest BCUT2D eigenvalue weighted by Crippen LogP contribution is -2.54. The van der Waals surface area contributed by atoms with Crippen LogP contribution in [0.2, 0.25) is 0 Å². The van der Waals surface area contributed by atoms with Crippen LogP contribution in [0.5, 0.6) is 0 Å². The van der Waals surface area contributed by atoms with Crippen LogP contribution in [-0.2, 0) is 19.0 Å². The topological polar surface area (TPSA) is 44.8 Å². The summed E-state index contributed by atoms with van der Waals surface area (Å²) in [5.74, 6) is 2.68. The van der Waals surface area contributed by atoms with Gasteiger partial charge in [0.1, 0.15) is 12.4 Å². The Labute approximate surface area is 114 Å². The van der Waals surface area contributed by atoms with Gasteiger partial charge in [0, 0.05) is 25.9 Å². The summed E-state index contributed by atoms with van der Waals surface area (Å²) < 4.78 is 17.1. The Hall–Kier alpha value is -0.890. The molecule has 106 valence electrons. The summed E-state index contributed by atoms with van der Waals surface area (Å²) in [4.78, 5) is 12.2. The number of terminal acetylenes is 1. The molecule has 0 aromatic heterocycles. The summed E-state index contributed by atoms with van der Waals surface area (Å²) in [6, 6.07) is 0. The molecular weight excluding hydrogens is 244 g/mol. The standard InChI is InChI=1S/C15H22O4/c1-5-6-18-14-8-12-10(7-13(14)17-4)11(16)9-15(2,3)19-12/h1,10,12-14H,6-9H2,2-4H3. The first-order chi connectivity index (χ1) is 8.96. The normalized spacial score (nSPS) is 37.5. The molecule has 0 amide bonds. The van der Waals surface area contributed by atoms with Gasteiger partial charge in [-0.2, -0.15) is 0 Å². The van der Waals surface area contributed by atoms with E-state index in [-0.39, 0.29) is 42.2 Å². The second-order valence-electron chi connectivity index (χ2n) is 5.96. The van der Waals surface area contributed by atoms with Crippen LogP contribution in [0, 0.1) is 18.3 Å². The first kappa shape index (κ1) is 14.5. The molecule has 4 heteroatoms. The van der Waals surface area contributed by atoms with Gasteiger partial charge in [-0.05, 0) is 20.3 Å². The molecule has 1 aliphatic carbocycles. The Morgan fingerprint density at radius 2 is 2.16 bits per heavy atom. The molecule has 2 rings (SSSR count). The molecule has 4 nitrogen and oxygen atoms in total. The molecule has 1 aliphatic heterocycles. The van der Waals surface area contributed by atoms with Crippen LogP contribution in [0.3, 0.4) is 0 Å². The molecule has 2 fully saturated rings. The van der Waals surface area contributed by atoms with Gasteiger partial charge >= 0.3 is 0 Å². The Morgan fingerprint density at radius 3 is 2.79 bits per heavy atom. The van der Waals surface area contributed by atoms with Gasteiger partial charge in [0.15, 0.2) is 0 Å². The Balaban J connectivity index is 2.09. The fraction of sp³-hybridized carbons (Fsp3) is 0.800. The number of Topliss-reactive ketones (excluding diaryl/α,β-unsaturated/α-hetero) is 1. The Kier molecular flexibility index (Phi) is 4.29. The largest absolute Gasteiger partial charge is 0.379 e. The average molecular weight is 266 g/mol. The van der Waals surface area contributed by atoms with Crippen molar-refractivity contribution in [3.05, 3.63) is 0 Å². The minimum atomic E-state index is -0.380. The highest BCUT2D eigenvalue weighted by molar-refractivity contribution is 5.83. The van der Waals surface area contributed by atoms with Crippen molar-refractivity contribution in [1.82, 2.24) is 0 Å². The van der Waals surface area contributed by atoms with Crippen molar-refractivity contribution in [3.63, 3.8) is 0 Å². The molecule has 0 spiro atoms. The maximum absolute atomic E-state index is 12.2. The van der Waals surface area contributed by atoms with Crippen LogP contribution in [-0.4, -0.2) is 43.4 Å². The number of carbonyl (C=O) groups is 1. The SMILES string of the molecule is C#CCOC1CC2OC(C)(C)CC(=O)C2CC1OC. The first-order valence-electron chi connectivity index (χ1n) is 6.75. The third-order valence-electron chi connectivity index (χ3n) is 3.98. The predicted molar refractivity (Wildman–Crippen MR) is 70.7 cm³/mol. The lowest BCUT2D eigenvalue weighted by molar-refractivity contribution is -0.193. The molecule has 1 saturated heterocycles. The van der Waals surface area contributed by atoms with E-state index in [2.05, 4.69) is 5.92 Å². The van der Waals surface area contributed by atoms with Gasteiger partial charge in [0.05, 0.1) is 23.9 Å². The molecule has 1 saturated carbocycles. The van der Waals surface area contributed by atoms with Crippen LogP contribution in [0.1, 0.15) is 33.1 Å². The van der Waals surface area contributed by atoms with Crippen LogP contribution < -0.4 is 0 Å². The summed E-state index contributed by atoms with van der Waals surface area (Å²) in [5.41, 5.74) is -0.380.